The predicted molar refractivity (Wildman–Crippen MR) is 96.5 cm³/mol. The third kappa shape index (κ3) is 5.40. The summed E-state index contributed by atoms with van der Waals surface area (Å²) in [7, 11) is 1.28. The third-order valence-corrected chi connectivity index (χ3v) is 4.91. The van der Waals surface area contributed by atoms with Crippen molar-refractivity contribution in [3.05, 3.63) is 24.0 Å². The summed E-state index contributed by atoms with van der Waals surface area (Å²) in [6.07, 6.45) is 6.61. The molecule has 1 heterocycles. The third-order valence-electron chi connectivity index (χ3n) is 4.91. The van der Waals surface area contributed by atoms with Crippen LogP contribution < -0.4 is 10.6 Å². The Kier molecular flexibility index (Phi) is 5.90. The van der Waals surface area contributed by atoms with Gasteiger partial charge < -0.3 is 20.5 Å². The topological polar surface area (TPSA) is 121 Å². The number of ether oxygens (including phenoxy) is 1. The lowest BCUT2D eigenvalue weighted by Gasteiger charge is -2.42. The van der Waals surface area contributed by atoms with Gasteiger partial charge in [-0.25, -0.2) is 9.59 Å². The first-order chi connectivity index (χ1) is 12.9. The highest BCUT2D eigenvalue weighted by Gasteiger charge is 2.37. The van der Waals surface area contributed by atoms with E-state index < -0.39 is 11.9 Å². The highest BCUT2D eigenvalue weighted by atomic mass is 16.5. The number of amides is 2. The Morgan fingerprint density at radius 2 is 2.04 bits per heavy atom. The van der Waals surface area contributed by atoms with Gasteiger partial charge in [-0.1, -0.05) is 0 Å². The molecule has 27 heavy (non-hydrogen) atoms. The van der Waals surface area contributed by atoms with Crippen LogP contribution in [-0.2, 0) is 9.53 Å². The molecule has 2 fully saturated rings. The van der Waals surface area contributed by atoms with Crippen molar-refractivity contribution in [3.8, 4) is 0 Å². The van der Waals surface area contributed by atoms with Crippen LogP contribution >= 0.6 is 0 Å². The maximum absolute atomic E-state index is 12.1. The van der Waals surface area contributed by atoms with Crippen LogP contribution in [0.2, 0.25) is 0 Å². The molecule has 2 aliphatic carbocycles. The smallest absolute Gasteiger partial charge is 0.339 e. The fourth-order valence-corrected chi connectivity index (χ4v) is 3.24. The molecular formula is C18H24N4O5. The minimum Gasteiger partial charge on any atom is -0.480 e. The second-order valence-electron chi connectivity index (χ2n) is 7.14. The van der Waals surface area contributed by atoms with Crippen molar-refractivity contribution in [1.29, 1.82) is 0 Å². The summed E-state index contributed by atoms with van der Waals surface area (Å²) >= 11 is 0. The van der Waals surface area contributed by atoms with E-state index >= 15 is 0 Å². The Bertz CT molecular complexity index is 715. The van der Waals surface area contributed by atoms with Gasteiger partial charge in [-0.2, -0.15) is 0 Å². The molecule has 0 aromatic carbocycles. The Hall–Kier alpha value is -2.68. The van der Waals surface area contributed by atoms with E-state index in [1.165, 1.54) is 38.4 Å². The van der Waals surface area contributed by atoms with Crippen LogP contribution in [0.25, 0.3) is 0 Å². The van der Waals surface area contributed by atoms with Crippen molar-refractivity contribution in [1.82, 2.24) is 15.2 Å². The van der Waals surface area contributed by atoms with Gasteiger partial charge in [-0.3, -0.25) is 14.7 Å². The maximum Gasteiger partial charge on any atom is 0.339 e. The number of carboxylic acid groups (broad SMARTS) is 1. The zero-order valence-electron chi connectivity index (χ0n) is 15.2. The average Bonchev–Trinajstić information content (AvgIpc) is 3.40. The second-order valence-corrected chi connectivity index (χ2v) is 7.14. The molecule has 0 spiro atoms. The van der Waals surface area contributed by atoms with Crippen LogP contribution in [0, 0.1) is 5.92 Å². The molecule has 3 rings (SSSR count). The van der Waals surface area contributed by atoms with E-state index in [0.717, 1.165) is 19.4 Å². The maximum atomic E-state index is 12.1. The highest BCUT2D eigenvalue weighted by Crippen LogP contribution is 2.33. The number of carbonyl (C=O) groups excluding carboxylic acids is 2. The number of methoxy groups -OCH3 is 1. The molecule has 0 atom stereocenters. The van der Waals surface area contributed by atoms with Gasteiger partial charge in [-0.05, 0) is 37.7 Å². The summed E-state index contributed by atoms with van der Waals surface area (Å²) in [5.41, 5.74) is 0.649. The summed E-state index contributed by atoms with van der Waals surface area (Å²) in [4.78, 5) is 40.6. The van der Waals surface area contributed by atoms with Crippen LogP contribution in [0.15, 0.2) is 18.5 Å². The number of rotatable bonds is 8. The van der Waals surface area contributed by atoms with E-state index in [1.807, 2.05) is 4.90 Å². The minimum absolute atomic E-state index is 0.00208. The Balaban J connectivity index is 1.45. The molecule has 0 radical (unpaired) electrons. The number of nitrogens with zero attached hydrogens (tertiary/aromatic N) is 2. The van der Waals surface area contributed by atoms with E-state index in [-0.39, 0.29) is 30.2 Å². The average molecular weight is 376 g/mol. The predicted octanol–water partition coefficient (Wildman–Crippen LogP) is 1.32. The summed E-state index contributed by atoms with van der Waals surface area (Å²) in [5, 5.41) is 14.6. The summed E-state index contributed by atoms with van der Waals surface area (Å²) in [6.45, 7) is 0.869. The molecule has 2 aliphatic rings. The fourth-order valence-electron chi connectivity index (χ4n) is 3.24. The number of anilines is 1. The van der Waals surface area contributed by atoms with E-state index in [0.29, 0.717) is 11.6 Å². The molecule has 0 unspecified atom stereocenters. The first-order valence-corrected chi connectivity index (χ1v) is 9.01. The molecule has 2 amide bonds. The lowest BCUT2D eigenvalue weighted by molar-refractivity contribution is -0.139. The molecule has 0 aliphatic heterocycles. The van der Waals surface area contributed by atoms with Crippen molar-refractivity contribution in [2.45, 2.75) is 37.8 Å². The van der Waals surface area contributed by atoms with E-state index in [1.54, 1.807) is 0 Å². The van der Waals surface area contributed by atoms with Crippen molar-refractivity contribution >= 4 is 23.7 Å². The number of hydrogen-bond acceptors (Lipinski definition) is 6. The standard InChI is InChI=1S/C18H24N4O5/c1-27-17(25)12-4-14(8-19-7-12)21-18(26)20-13-5-15(6-13)22(10-16(23)24)9-11-2-3-11/h4,7-8,11,13,15H,2-3,5-6,9-10H2,1H3,(H,23,24)(H2,20,21,26). The molecular weight excluding hydrogens is 352 g/mol. The van der Waals surface area contributed by atoms with Crippen LogP contribution in [0.1, 0.15) is 36.0 Å². The van der Waals surface area contributed by atoms with Gasteiger partial charge in [-0.15, -0.1) is 0 Å². The second kappa shape index (κ2) is 8.34. The molecule has 2 saturated carbocycles. The molecule has 146 valence electrons. The number of urea groups is 1. The number of nitrogens with one attached hydrogen (secondary N) is 2. The quantitative estimate of drug-likeness (QED) is 0.585. The molecule has 0 bridgehead atoms. The highest BCUT2D eigenvalue weighted by molar-refractivity contribution is 5.93. The van der Waals surface area contributed by atoms with Crippen molar-refractivity contribution in [3.63, 3.8) is 0 Å². The van der Waals surface area contributed by atoms with Gasteiger partial charge in [0.25, 0.3) is 0 Å². The van der Waals surface area contributed by atoms with Crippen molar-refractivity contribution in [2.75, 3.05) is 25.5 Å². The van der Waals surface area contributed by atoms with Crippen molar-refractivity contribution in [2.24, 2.45) is 5.92 Å². The zero-order valence-corrected chi connectivity index (χ0v) is 15.2. The molecule has 0 saturated heterocycles. The lowest BCUT2D eigenvalue weighted by atomic mass is 9.85. The van der Waals surface area contributed by atoms with Crippen molar-refractivity contribution < 1.29 is 24.2 Å². The van der Waals surface area contributed by atoms with Crippen LogP contribution in [-0.4, -0.2) is 65.2 Å². The van der Waals surface area contributed by atoms with Gasteiger partial charge in [0, 0.05) is 24.8 Å². The summed E-state index contributed by atoms with van der Waals surface area (Å²) in [6, 6.07) is 1.31. The molecule has 1 aromatic rings. The fraction of sp³-hybridized carbons (Fsp3) is 0.556. The number of carbonyl (C=O) groups is 3. The number of carboxylic acids is 1. The molecule has 9 nitrogen and oxygen atoms in total. The van der Waals surface area contributed by atoms with Gasteiger partial charge in [0.15, 0.2) is 0 Å². The largest absolute Gasteiger partial charge is 0.480 e. The number of hydrogen-bond donors (Lipinski definition) is 3. The van der Waals surface area contributed by atoms with E-state index in [2.05, 4.69) is 20.4 Å². The van der Waals surface area contributed by atoms with E-state index in [9.17, 15) is 14.4 Å². The number of esters is 1. The first-order valence-electron chi connectivity index (χ1n) is 9.01. The zero-order chi connectivity index (χ0) is 19.4. The lowest BCUT2D eigenvalue weighted by Crippen LogP contribution is -2.55. The van der Waals surface area contributed by atoms with Gasteiger partial charge in [0.2, 0.25) is 0 Å². The van der Waals surface area contributed by atoms with Crippen LogP contribution in [0.3, 0.4) is 0 Å². The number of pyridine rings is 1. The van der Waals surface area contributed by atoms with Gasteiger partial charge in [0.1, 0.15) is 0 Å². The molecule has 9 heteroatoms. The molecule has 1 aromatic heterocycles. The van der Waals surface area contributed by atoms with Gasteiger partial charge in [0.05, 0.1) is 31.1 Å². The Labute approximate surface area is 157 Å². The number of aliphatic carboxylic acids is 1. The monoisotopic (exact) mass is 376 g/mol. The summed E-state index contributed by atoms with van der Waals surface area (Å²) in [5.74, 6) is -0.723. The van der Waals surface area contributed by atoms with Crippen LogP contribution in [0.4, 0.5) is 10.5 Å². The normalized spacial score (nSPS) is 21.3. The number of aromatic nitrogens is 1. The first kappa shape index (κ1) is 19.1. The summed E-state index contributed by atoms with van der Waals surface area (Å²) < 4.78 is 4.63. The molecule has 3 N–H and O–H groups in total. The van der Waals surface area contributed by atoms with Crippen LogP contribution in [0.5, 0.6) is 0 Å². The SMILES string of the molecule is COC(=O)c1cncc(NC(=O)NC2CC(N(CC(=O)O)CC3CC3)C2)c1. The minimum atomic E-state index is -0.817. The Morgan fingerprint density at radius 3 is 2.67 bits per heavy atom. The Morgan fingerprint density at radius 1 is 1.30 bits per heavy atom. The van der Waals surface area contributed by atoms with Gasteiger partial charge >= 0.3 is 18.0 Å². The van der Waals surface area contributed by atoms with E-state index in [4.69, 9.17) is 5.11 Å².